The number of hydrogen-bond donors (Lipinski definition) is 0. The maximum Gasteiger partial charge on any atom is 0.242 e. The lowest BCUT2D eigenvalue weighted by Gasteiger charge is -2.37. The summed E-state index contributed by atoms with van der Waals surface area (Å²) in [5, 5.41) is 2.02. The number of fused-ring (bicyclic) bond motifs is 1. The first-order chi connectivity index (χ1) is 13.9. The fourth-order valence-corrected chi connectivity index (χ4v) is 4.57. The predicted molar refractivity (Wildman–Crippen MR) is 112 cm³/mol. The van der Waals surface area contributed by atoms with Crippen LogP contribution in [0.4, 0.5) is 4.39 Å². The van der Waals surface area contributed by atoms with Crippen molar-refractivity contribution in [1.29, 1.82) is 0 Å². The lowest BCUT2D eigenvalue weighted by atomic mass is 10.00. The highest BCUT2D eigenvalue weighted by Gasteiger charge is 2.33. The average Bonchev–Trinajstić information content (AvgIpc) is 3.18. The molecule has 29 heavy (non-hydrogen) atoms. The minimum atomic E-state index is -0.360. The first kappa shape index (κ1) is 21.3. The summed E-state index contributed by atoms with van der Waals surface area (Å²) in [6.45, 7) is 6.32. The number of benzene rings is 1. The van der Waals surface area contributed by atoms with Crippen LogP contribution in [0.1, 0.15) is 43.7 Å². The molecule has 0 fully saturated rings. The number of ether oxygens (including phenoxy) is 1. The van der Waals surface area contributed by atoms with E-state index in [1.54, 1.807) is 33.3 Å². The van der Waals surface area contributed by atoms with Crippen molar-refractivity contribution in [3.8, 4) is 5.75 Å². The molecule has 0 bridgehead atoms. The Morgan fingerprint density at radius 1 is 1.38 bits per heavy atom. The molecule has 2 amide bonds. The van der Waals surface area contributed by atoms with E-state index in [0.29, 0.717) is 12.3 Å². The van der Waals surface area contributed by atoms with E-state index < -0.39 is 0 Å². The Balaban J connectivity index is 1.78. The van der Waals surface area contributed by atoms with Gasteiger partial charge >= 0.3 is 0 Å². The predicted octanol–water partition coefficient (Wildman–Crippen LogP) is 4.04. The second-order valence-corrected chi connectivity index (χ2v) is 8.33. The average molecular weight is 419 g/mol. The van der Waals surface area contributed by atoms with Gasteiger partial charge in [0.25, 0.3) is 0 Å². The Labute approximate surface area is 175 Å². The molecule has 0 saturated heterocycles. The molecule has 0 unspecified atom stereocenters. The van der Waals surface area contributed by atoms with E-state index in [0.717, 1.165) is 18.4 Å². The Morgan fingerprint density at radius 2 is 2.17 bits per heavy atom. The van der Waals surface area contributed by atoms with E-state index >= 15 is 0 Å². The Kier molecular flexibility index (Phi) is 6.90. The summed E-state index contributed by atoms with van der Waals surface area (Å²) in [7, 11) is 0. The highest BCUT2D eigenvalue weighted by molar-refractivity contribution is 7.10. The van der Waals surface area contributed by atoms with Crippen molar-refractivity contribution in [2.45, 2.75) is 45.7 Å². The number of hydrogen-bond acceptors (Lipinski definition) is 4. The second kappa shape index (κ2) is 9.39. The van der Waals surface area contributed by atoms with Crippen LogP contribution in [0, 0.1) is 5.82 Å². The summed E-state index contributed by atoms with van der Waals surface area (Å²) >= 11 is 1.68. The third-order valence-corrected chi connectivity index (χ3v) is 6.45. The van der Waals surface area contributed by atoms with Gasteiger partial charge in [-0.25, -0.2) is 4.39 Å². The zero-order valence-electron chi connectivity index (χ0n) is 17.1. The van der Waals surface area contributed by atoms with Crippen LogP contribution < -0.4 is 4.74 Å². The van der Waals surface area contributed by atoms with Crippen LogP contribution in [-0.2, 0) is 16.0 Å². The summed E-state index contributed by atoms with van der Waals surface area (Å²) in [6, 6.07) is 7.77. The maximum absolute atomic E-state index is 13.5. The molecule has 1 aromatic heterocycles. The van der Waals surface area contributed by atoms with Gasteiger partial charge in [0, 0.05) is 30.5 Å². The number of amides is 2. The van der Waals surface area contributed by atoms with E-state index in [1.165, 1.54) is 23.9 Å². The van der Waals surface area contributed by atoms with Gasteiger partial charge in [0.05, 0.1) is 12.6 Å². The van der Waals surface area contributed by atoms with E-state index in [1.807, 2.05) is 25.3 Å². The van der Waals surface area contributed by atoms with Gasteiger partial charge in [-0.1, -0.05) is 13.0 Å². The summed E-state index contributed by atoms with van der Waals surface area (Å²) in [4.78, 5) is 29.9. The SMILES string of the molecule is CC[C@H](C)N(CC(=O)N1CCc2sccc2[C@@H]1COc1cccc(F)c1)C(C)=O. The summed E-state index contributed by atoms with van der Waals surface area (Å²) < 4.78 is 19.3. The van der Waals surface area contributed by atoms with Crippen molar-refractivity contribution in [2.75, 3.05) is 19.7 Å². The fourth-order valence-electron chi connectivity index (χ4n) is 3.64. The molecule has 0 saturated carbocycles. The van der Waals surface area contributed by atoms with Crippen molar-refractivity contribution in [3.63, 3.8) is 0 Å². The van der Waals surface area contributed by atoms with Gasteiger partial charge in [0.2, 0.25) is 11.8 Å². The van der Waals surface area contributed by atoms with Gasteiger partial charge < -0.3 is 14.5 Å². The number of carbonyl (C=O) groups is 2. The largest absolute Gasteiger partial charge is 0.491 e. The number of nitrogens with zero attached hydrogens (tertiary/aromatic N) is 2. The first-order valence-corrected chi connectivity index (χ1v) is 10.8. The summed E-state index contributed by atoms with van der Waals surface area (Å²) in [6.07, 6.45) is 1.58. The first-order valence-electron chi connectivity index (χ1n) is 9.92. The highest BCUT2D eigenvalue weighted by atomic mass is 32.1. The Hall–Kier alpha value is -2.41. The van der Waals surface area contributed by atoms with Gasteiger partial charge in [-0.3, -0.25) is 9.59 Å². The van der Waals surface area contributed by atoms with E-state index in [2.05, 4.69) is 0 Å². The molecular formula is C22H27FN2O3S. The van der Waals surface area contributed by atoms with Gasteiger partial charge in [-0.05, 0) is 48.9 Å². The van der Waals surface area contributed by atoms with Crippen molar-refractivity contribution in [1.82, 2.24) is 9.80 Å². The molecule has 7 heteroatoms. The smallest absolute Gasteiger partial charge is 0.242 e. The normalized spacial score (nSPS) is 16.8. The van der Waals surface area contributed by atoms with Crippen LogP contribution >= 0.6 is 11.3 Å². The molecule has 0 aliphatic carbocycles. The van der Waals surface area contributed by atoms with Crippen LogP contribution in [0.2, 0.25) is 0 Å². The Morgan fingerprint density at radius 3 is 2.86 bits per heavy atom. The Bertz CT molecular complexity index is 869. The molecule has 1 aromatic carbocycles. The van der Waals surface area contributed by atoms with Gasteiger partial charge in [-0.2, -0.15) is 0 Å². The molecular weight excluding hydrogens is 391 g/mol. The molecule has 0 N–H and O–H groups in total. The van der Waals surface area contributed by atoms with Gasteiger partial charge in [-0.15, -0.1) is 11.3 Å². The van der Waals surface area contributed by atoms with Crippen LogP contribution in [-0.4, -0.2) is 47.4 Å². The third-order valence-electron chi connectivity index (χ3n) is 5.45. The molecule has 1 aliphatic rings. The van der Waals surface area contributed by atoms with E-state index in [-0.39, 0.29) is 42.9 Å². The quantitative estimate of drug-likeness (QED) is 0.682. The van der Waals surface area contributed by atoms with Crippen molar-refractivity contribution in [2.24, 2.45) is 0 Å². The molecule has 2 aromatic rings. The van der Waals surface area contributed by atoms with E-state index in [9.17, 15) is 14.0 Å². The zero-order chi connectivity index (χ0) is 21.0. The van der Waals surface area contributed by atoms with Crippen LogP contribution in [0.15, 0.2) is 35.7 Å². The van der Waals surface area contributed by atoms with Gasteiger partial charge in [0.1, 0.15) is 18.2 Å². The van der Waals surface area contributed by atoms with Crippen LogP contribution in [0.5, 0.6) is 5.75 Å². The molecule has 1 aliphatic heterocycles. The minimum Gasteiger partial charge on any atom is -0.491 e. The molecule has 2 heterocycles. The summed E-state index contributed by atoms with van der Waals surface area (Å²) in [5.41, 5.74) is 1.07. The van der Waals surface area contributed by atoms with Crippen molar-refractivity contribution in [3.05, 3.63) is 52.0 Å². The zero-order valence-corrected chi connectivity index (χ0v) is 17.9. The third kappa shape index (κ3) is 4.96. The lowest BCUT2D eigenvalue weighted by molar-refractivity contribution is -0.143. The molecule has 2 atom stereocenters. The highest BCUT2D eigenvalue weighted by Crippen LogP contribution is 2.34. The maximum atomic E-state index is 13.5. The number of thiophene rings is 1. The lowest BCUT2D eigenvalue weighted by Crippen LogP contribution is -2.49. The summed E-state index contributed by atoms with van der Waals surface area (Å²) in [5.74, 6) is -0.121. The molecule has 3 rings (SSSR count). The number of rotatable bonds is 7. The van der Waals surface area contributed by atoms with Crippen molar-refractivity contribution < 1.29 is 18.7 Å². The number of halogens is 1. The van der Waals surface area contributed by atoms with E-state index in [4.69, 9.17) is 4.74 Å². The second-order valence-electron chi connectivity index (χ2n) is 7.32. The van der Waals surface area contributed by atoms with Crippen molar-refractivity contribution >= 4 is 23.2 Å². The molecule has 156 valence electrons. The monoisotopic (exact) mass is 418 g/mol. The van der Waals surface area contributed by atoms with Crippen LogP contribution in [0.25, 0.3) is 0 Å². The molecule has 0 radical (unpaired) electrons. The minimum absolute atomic E-state index is 0.0000528. The van der Waals surface area contributed by atoms with Gasteiger partial charge in [0.15, 0.2) is 0 Å². The topological polar surface area (TPSA) is 49.9 Å². The number of carbonyl (C=O) groups excluding carboxylic acids is 2. The molecule has 0 spiro atoms. The fraction of sp³-hybridized carbons (Fsp3) is 0.455. The van der Waals surface area contributed by atoms with Crippen LogP contribution in [0.3, 0.4) is 0 Å². The standard InChI is InChI=1S/C22H27FN2O3S/c1-4-15(2)25(16(3)26)13-22(27)24-10-8-21-19(9-11-29-21)20(24)14-28-18-7-5-6-17(23)12-18/h5-7,9,11-12,15,20H,4,8,10,13-14H2,1-3H3/t15-,20-/m0/s1. The molecule has 5 nitrogen and oxygen atoms in total.